The Labute approximate surface area is 123 Å². The summed E-state index contributed by atoms with van der Waals surface area (Å²) in [4.78, 5) is 13.1. The normalized spacial score (nSPS) is 10.8. The Kier molecular flexibility index (Phi) is 5.45. The molecule has 0 N–H and O–H groups in total. The highest BCUT2D eigenvalue weighted by Gasteiger charge is 2.10. The van der Waals surface area contributed by atoms with Gasteiger partial charge in [0, 0.05) is 12.0 Å². The first-order valence-electron chi connectivity index (χ1n) is 6.82. The van der Waals surface area contributed by atoms with Gasteiger partial charge in [0.05, 0.1) is 13.7 Å². The summed E-state index contributed by atoms with van der Waals surface area (Å²) in [6.45, 7) is 1.32. The Balaban J connectivity index is 1.83. The highest BCUT2D eigenvalue weighted by molar-refractivity contribution is 5.69. The zero-order chi connectivity index (χ0) is 15.1. The molecule has 0 saturated carbocycles. The minimum atomic E-state index is -0.187. The summed E-state index contributed by atoms with van der Waals surface area (Å²) in [5.74, 6) is 0.899. The maximum Gasteiger partial charge on any atom is 0.305 e. The van der Waals surface area contributed by atoms with E-state index in [9.17, 15) is 4.79 Å². The molecule has 112 valence electrons. The molecule has 2 aromatic rings. The predicted molar refractivity (Wildman–Crippen MR) is 77.3 cm³/mol. The average Bonchev–Trinajstić information content (AvgIpc) is 2.96. The van der Waals surface area contributed by atoms with Crippen LogP contribution in [0.2, 0.25) is 0 Å². The molecule has 0 bridgehead atoms. The number of rotatable bonds is 7. The number of nitrogens with zero attached hydrogens (tertiary/aromatic N) is 3. The van der Waals surface area contributed by atoms with Crippen molar-refractivity contribution in [2.24, 2.45) is 0 Å². The van der Waals surface area contributed by atoms with Gasteiger partial charge in [0.25, 0.3) is 0 Å². The van der Waals surface area contributed by atoms with Crippen LogP contribution < -0.4 is 0 Å². The molecule has 6 heteroatoms. The van der Waals surface area contributed by atoms with Crippen molar-refractivity contribution in [1.82, 2.24) is 15.1 Å². The Morgan fingerprint density at radius 3 is 2.76 bits per heavy atom. The molecule has 0 saturated heterocycles. The van der Waals surface area contributed by atoms with Crippen LogP contribution in [0.3, 0.4) is 0 Å². The maximum atomic E-state index is 11.0. The largest absolute Gasteiger partial charge is 0.469 e. The van der Waals surface area contributed by atoms with Gasteiger partial charge in [0.2, 0.25) is 11.8 Å². The fourth-order valence-electron chi connectivity index (χ4n) is 1.92. The van der Waals surface area contributed by atoms with E-state index in [2.05, 4.69) is 14.9 Å². The lowest BCUT2D eigenvalue weighted by Gasteiger charge is -2.13. The monoisotopic (exact) mass is 289 g/mol. The molecular formula is C15H19N3O3. The topological polar surface area (TPSA) is 68.5 Å². The van der Waals surface area contributed by atoms with Crippen LogP contribution >= 0.6 is 0 Å². The zero-order valence-electron chi connectivity index (χ0n) is 12.3. The number of methoxy groups -OCH3 is 1. The summed E-state index contributed by atoms with van der Waals surface area (Å²) in [5, 5.41) is 8.09. The van der Waals surface area contributed by atoms with E-state index in [0.717, 1.165) is 18.5 Å². The highest BCUT2D eigenvalue weighted by Crippen LogP contribution is 2.17. The van der Waals surface area contributed by atoms with Gasteiger partial charge in [-0.2, -0.15) is 0 Å². The van der Waals surface area contributed by atoms with Crippen LogP contribution in [0, 0.1) is 0 Å². The van der Waals surface area contributed by atoms with Gasteiger partial charge in [-0.3, -0.25) is 9.69 Å². The van der Waals surface area contributed by atoms with Gasteiger partial charge < -0.3 is 9.15 Å². The first-order chi connectivity index (χ1) is 10.2. The molecule has 0 aliphatic carbocycles. The molecular weight excluding hydrogens is 270 g/mol. The fraction of sp³-hybridized carbons (Fsp3) is 0.400. The molecule has 1 aromatic heterocycles. The molecule has 0 unspecified atom stereocenters. The molecule has 0 aliphatic rings. The lowest BCUT2D eigenvalue weighted by atomic mass is 10.2. The number of hydrogen-bond acceptors (Lipinski definition) is 6. The van der Waals surface area contributed by atoms with Crippen LogP contribution in [-0.2, 0) is 16.1 Å². The molecule has 0 aliphatic heterocycles. The quantitative estimate of drug-likeness (QED) is 0.727. The number of carbonyl (C=O) groups excluding carboxylic acids is 1. The van der Waals surface area contributed by atoms with Crippen molar-refractivity contribution >= 4 is 5.97 Å². The van der Waals surface area contributed by atoms with Gasteiger partial charge in [0.15, 0.2) is 0 Å². The SMILES string of the molecule is COC(=O)CCCN(C)Cc1nnc(-c2ccccc2)o1. The first kappa shape index (κ1) is 15.2. The van der Waals surface area contributed by atoms with Gasteiger partial charge in [0.1, 0.15) is 0 Å². The van der Waals surface area contributed by atoms with Gasteiger partial charge in [-0.25, -0.2) is 0 Å². The molecule has 1 heterocycles. The van der Waals surface area contributed by atoms with E-state index in [1.807, 2.05) is 42.3 Å². The Hall–Kier alpha value is -2.21. The number of carbonyl (C=O) groups is 1. The maximum absolute atomic E-state index is 11.0. The molecule has 0 amide bonds. The molecule has 21 heavy (non-hydrogen) atoms. The molecule has 0 fully saturated rings. The lowest BCUT2D eigenvalue weighted by Crippen LogP contribution is -2.20. The zero-order valence-corrected chi connectivity index (χ0v) is 12.3. The standard InChI is InChI=1S/C15H19N3O3/c1-18(10-6-9-14(19)20-2)11-13-16-17-15(21-13)12-7-4-3-5-8-12/h3-5,7-8H,6,9-11H2,1-2H3. The second-order valence-electron chi connectivity index (χ2n) is 4.78. The van der Waals surface area contributed by atoms with Crippen molar-refractivity contribution < 1.29 is 13.9 Å². The number of benzene rings is 1. The Morgan fingerprint density at radius 1 is 1.29 bits per heavy atom. The van der Waals surface area contributed by atoms with Crippen molar-refractivity contribution in [3.8, 4) is 11.5 Å². The third-order valence-electron chi connectivity index (χ3n) is 3.04. The summed E-state index contributed by atoms with van der Waals surface area (Å²) in [5.41, 5.74) is 0.907. The van der Waals surface area contributed by atoms with E-state index in [1.54, 1.807) is 0 Å². The lowest BCUT2D eigenvalue weighted by molar-refractivity contribution is -0.140. The van der Waals surface area contributed by atoms with E-state index >= 15 is 0 Å². The smallest absolute Gasteiger partial charge is 0.305 e. The van der Waals surface area contributed by atoms with E-state index in [1.165, 1.54) is 7.11 Å². The molecule has 1 aromatic carbocycles. The molecule has 0 spiro atoms. The van der Waals surface area contributed by atoms with Crippen molar-refractivity contribution in [3.63, 3.8) is 0 Å². The van der Waals surface area contributed by atoms with Crippen LogP contribution in [0.4, 0.5) is 0 Å². The van der Waals surface area contributed by atoms with Crippen molar-refractivity contribution in [1.29, 1.82) is 0 Å². The molecule has 6 nitrogen and oxygen atoms in total. The van der Waals surface area contributed by atoms with Gasteiger partial charge >= 0.3 is 5.97 Å². The van der Waals surface area contributed by atoms with Gasteiger partial charge in [-0.05, 0) is 32.1 Å². The van der Waals surface area contributed by atoms with Crippen LogP contribution in [0.15, 0.2) is 34.7 Å². The highest BCUT2D eigenvalue weighted by atomic mass is 16.5. The van der Waals surface area contributed by atoms with E-state index in [0.29, 0.717) is 24.7 Å². The minimum absolute atomic E-state index is 0.187. The second kappa shape index (κ2) is 7.54. The predicted octanol–water partition coefficient (Wildman–Crippen LogP) is 2.12. The van der Waals surface area contributed by atoms with Gasteiger partial charge in [-0.1, -0.05) is 18.2 Å². The summed E-state index contributed by atoms with van der Waals surface area (Å²) >= 11 is 0. The third-order valence-corrected chi connectivity index (χ3v) is 3.04. The van der Waals surface area contributed by atoms with Crippen molar-refractivity contribution in [3.05, 3.63) is 36.2 Å². The van der Waals surface area contributed by atoms with Gasteiger partial charge in [-0.15, -0.1) is 10.2 Å². The number of aromatic nitrogens is 2. The fourth-order valence-corrected chi connectivity index (χ4v) is 1.92. The molecule has 0 radical (unpaired) electrons. The van der Waals surface area contributed by atoms with Crippen LogP contribution in [0.25, 0.3) is 11.5 Å². The molecule has 0 atom stereocenters. The number of esters is 1. The number of ether oxygens (including phenoxy) is 1. The van der Waals surface area contributed by atoms with E-state index < -0.39 is 0 Å². The molecule has 2 rings (SSSR count). The summed E-state index contributed by atoms with van der Waals surface area (Å²) in [6, 6.07) is 9.65. The van der Waals surface area contributed by atoms with Crippen LogP contribution in [-0.4, -0.2) is 41.8 Å². The Bertz CT molecular complexity index is 569. The van der Waals surface area contributed by atoms with E-state index in [-0.39, 0.29) is 5.97 Å². The van der Waals surface area contributed by atoms with Crippen LogP contribution in [0.1, 0.15) is 18.7 Å². The number of hydrogen-bond donors (Lipinski definition) is 0. The summed E-state index contributed by atoms with van der Waals surface area (Å²) < 4.78 is 10.2. The van der Waals surface area contributed by atoms with Crippen molar-refractivity contribution in [2.75, 3.05) is 20.7 Å². The van der Waals surface area contributed by atoms with E-state index in [4.69, 9.17) is 4.42 Å². The van der Waals surface area contributed by atoms with Crippen molar-refractivity contribution in [2.45, 2.75) is 19.4 Å². The summed E-state index contributed by atoms with van der Waals surface area (Å²) in [7, 11) is 3.35. The second-order valence-corrected chi connectivity index (χ2v) is 4.78. The average molecular weight is 289 g/mol. The minimum Gasteiger partial charge on any atom is -0.469 e. The first-order valence-corrected chi connectivity index (χ1v) is 6.82. The Morgan fingerprint density at radius 2 is 2.05 bits per heavy atom. The third kappa shape index (κ3) is 4.68. The summed E-state index contributed by atoms with van der Waals surface area (Å²) in [6.07, 6.45) is 1.16. The van der Waals surface area contributed by atoms with Crippen LogP contribution in [0.5, 0.6) is 0 Å².